The van der Waals surface area contributed by atoms with Crippen LogP contribution in [0.2, 0.25) is 0 Å². The molecule has 0 aliphatic heterocycles. The van der Waals surface area contributed by atoms with E-state index in [0.717, 1.165) is 21.9 Å². The summed E-state index contributed by atoms with van der Waals surface area (Å²) in [6.07, 6.45) is 2.64. The second-order valence-corrected chi connectivity index (χ2v) is 5.07. The van der Waals surface area contributed by atoms with Crippen LogP contribution in [0.15, 0.2) is 60.9 Å². The minimum absolute atomic E-state index is 0.0522. The molecule has 104 valence electrons. The fraction of sp³-hybridized carbons (Fsp3) is 0.111. The zero-order valence-corrected chi connectivity index (χ0v) is 11.7. The first-order valence-corrected chi connectivity index (χ1v) is 6.78. The van der Waals surface area contributed by atoms with E-state index >= 15 is 0 Å². The SMILES string of the molecule is CC(=O)c1ccc2cc(C(O)c3cccnc3)ccc2c1. The molecule has 0 saturated heterocycles. The topological polar surface area (TPSA) is 50.2 Å². The van der Waals surface area contributed by atoms with Crippen molar-refractivity contribution in [3.05, 3.63) is 77.6 Å². The zero-order valence-electron chi connectivity index (χ0n) is 11.7. The Morgan fingerprint density at radius 1 is 1.05 bits per heavy atom. The van der Waals surface area contributed by atoms with Crippen LogP contribution < -0.4 is 0 Å². The Bertz CT molecular complexity index is 797. The fourth-order valence-corrected chi connectivity index (χ4v) is 2.38. The average Bonchev–Trinajstić information content (AvgIpc) is 2.54. The van der Waals surface area contributed by atoms with Gasteiger partial charge in [-0.2, -0.15) is 0 Å². The molecule has 21 heavy (non-hydrogen) atoms. The molecule has 0 radical (unpaired) electrons. The van der Waals surface area contributed by atoms with E-state index in [1.54, 1.807) is 25.4 Å². The lowest BCUT2D eigenvalue weighted by Crippen LogP contribution is -2.00. The molecule has 1 N–H and O–H groups in total. The van der Waals surface area contributed by atoms with Gasteiger partial charge in [-0.25, -0.2) is 0 Å². The number of hydrogen-bond acceptors (Lipinski definition) is 3. The normalized spacial score (nSPS) is 12.3. The summed E-state index contributed by atoms with van der Waals surface area (Å²) in [4.78, 5) is 15.4. The first-order valence-electron chi connectivity index (χ1n) is 6.78. The molecule has 1 aromatic heterocycles. The lowest BCUT2D eigenvalue weighted by molar-refractivity contribution is 0.101. The molecule has 1 heterocycles. The highest BCUT2D eigenvalue weighted by Gasteiger charge is 2.11. The number of aromatic nitrogens is 1. The van der Waals surface area contributed by atoms with E-state index < -0.39 is 6.10 Å². The first-order chi connectivity index (χ1) is 10.1. The Balaban J connectivity index is 2.02. The Kier molecular flexibility index (Phi) is 3.50. The minimum Gasteiger partial charge on any atom is -0.384 e. The number of pyridine rings is 1. The number of rotatable bonds is 3. The molecule has 3 aromatic rings. The van der Waals surface area contributed by atoms with Gasteiger partial charge in [0.15, 0.2) is 5.78 Å². The molecule has 0 aliphatic rings. The van der Waals surface area contributed by atoms with Crippen molar-refractivity contribution in [3.63, 3.8) is 0 Å². The molecule has 0 spiro atoms. The number of hydrogen-bond donors (Lipinski definition) is 1. The number of nitrogens with zero attached hydrogens (tertiary/aromatic N) is 1. The number of carbonyl (C=O) groups is 1. The van der Waals surface area contributed by atoms with Crippen molar-refractivity contribution in [1.82, 2.24) is 4.98 Å². The summed E-state index contributed by atoms with van der Waals surface area (Å²) < 4.78 is 0. The summed E-state index contributed by atoms with van der Waals surface area (Å²) in [6.45, 7) is 1.56. The van der Waals surface area contributed by atoms with Crippen LogP contribution in [0.1, 0.15) is 34.5 Å². The summed E-state index contributed by atoms with van der Waals surface area (Å²) in [5.41, 5.74) is 2.27. The fourth-order valence-electron chi connectivity index (χ4n) is 2.38. The number of carbonyl (C=O) groups excluding carboxylic acids is 1. The predicted octanol–water partition coefficient (Wildman–Crippen LogP) is 3.52. The Labute approximate surface area is 122 Å². The van der Waals surface area contributed by atoms with E-state index in [-0.39, 0.29) is 5.78 Å². The Morgan fingerprint density at radius 3 is 2.52 bits per heavy atom. The van der Waals surface area contributed by atoms with Gasteiger partial charge in [0.2, 0.25) is 0 Å². The maximum atomic E-state index is 11.4. The van der Waals surface area contributed by atoms with E-state index in [0.29, 0.717) is 5.56 Å². The molecule has 3 rings (SSSR count). The third kappa shape index (κ3) is 2.69. The molecule has 1 atom stereocenters. The first kappa shape index (κ1) is 13.5. The van der Waals surface area contributed by atoms with Crippen LogP contribution in [0.5, 0.6) is 0 Å². The maximum absolute atomic E-state index is 11.4. The molecule has 0 bridgehead atoms. The highest BCUT2D eigenvalue weighted by Crippen LogP contribution is 2.25. The smallest absolute Gasteiger partial charge is 0.159 e. The summed E-state index contributed by atoms with van der Waals surface area (Å²) in [7, 11) is 0. The van der Waals surface area contributed by atoms with Crippen LogP contribution in [0, 0.1) is 0 Å². The highest BCUT2D eigenvalue weighted by atomic mass is 16.3. The molecule has 0 saturated carbocycles. The number of fused-ring (bicyclic) bond motifs is 1. The summed E-state index contributed by atoms with van der Waals surface area (Å²) >= 11 is 0. The second-order valence-electron chi connectivity index (χ2n) is 5.07. The van der Waals surface area contributed by atoms with E-state index in [2.05, 4.69) is 4.98 Å². The standard InChI is InChI=1S/C18H15NO2/c1-12(20)13-4-5-15-10-16(7-6-14(15)9-13)18(21)17-3-2-8-19-11-17/h2-11,18,21H,1H3. The van der Waals surface area contributed by atoms with E-state index in [1.807, 2.05) is 42.5 Å². The second kappa shape index (κ2) is 5.46. The zero-order chi connectivity index (χ0) is 14.8. The van der Waals surface area contributed by atoms with E-state index in [4.69, 9.17) is 0 Å². The van der Waals surface area contributed by atoms with Crippen molar-refractivity contribution in [2.75, 3.05) is 0 Å². The Hall–Kier alpha value is -2.52. The van der Waals surface area contributed by atoms with E-state index in [9.17, 15) is 9.90 Å². The average molecular weight is 277 g/mol. The maximum Gasteiger partial charge on any atom is 0.159 e. The van der Waals surface area contributed by atoms with Gasteiger partial charge in [-0.15, -0.1) is 0 Å². The summed E-state index contributed by atoms with van der Waals surface area (Å²) in [5, 5.41) is 12.4. The summed E-state index contributed by atoms with van der Waals surface area (Å²) in [5.74, 6) is 0.0522. The largest absolute Gasteiger partial charge is 0.384 e. The van der Waals surface area contributed by atoms with Crippen LogP contribution in [-0.2, 0) is 0 Å². The van der Waals surface area contributed by atoms with Gasteiger partial charge < -0.3 is 5.11 Å². The number of benzene rings is 2. The van der Waals surface area contributed by atoms with Crippen molar-refractivity contribution in [2.45, 2.75) is 13.0 Å². The molecular weight excluding hydrogens is 262 g/mol. The minimum atomic E-state index is -0.699. The molecule has 3 nitrogen and oxygen atoms in total. The predicted molar refractivity (Wildman–Crippen MR) is 82.3 cm³/mol. The van der Waals surface area contributed by atoms with Crippen molar-refractivity contribution in [2.24, 2.45) is 0 Å². The quantitative estimate of drug-likeness (QED) is 0.745. The monoisotopic (exact) mass is 277 g/mol. The van der Waals surface area contributed by atoms with Crippen molar-refractivity contribution < 1.29 is 9.90 Å². The van der Waals surface area contributed by atoms with Crippen LogP contribution >= 0.6 is 0 Å². The van der Waals surface area contributed by atoms with Crippen molar-refractivity contribution in [1.29, 1.82) is 0 Å². The van der Waals surface area contributed by atoms with Gasteiger partial charge >= 0.3 is 0 Å². The highest BCUT2D eigenvalue weighted by molar-refractivity contribution is 5.98. The number of aliphatic hydroxyl groups is 1. The Morgan fingerprint density at radius 2 is 1.81 bits per heavy atom. The number of ketones is 1. The molecule has 1 unspecified atom stereocenters. The van der Waals surface area contributed by atoms with Gasteiger partial charge in [-0.1, -0.05) is 30.3 Å². The third-order valence-corrected chi connectivity index (χ3v) is 3.59. The van der Waals surface area contributed by atoms with Gasteiger partial charge in [-0.3, -0.25) is 9.78 Å². The molecule has 0 amide bonds. The lowest BCUT2D eigenvalue weighted by atomic mass is 9.98. The van der Waals surface area contributed by atoms with Crippen LogP contribution in [-0.4, -0.2) is 15.9 Å². The van der Waals surface area contributed by atoms with Crippen molar-refractivity contribution >= 4 is 16.6 Å². The molecule has 2 aromatic carbocycles. The summed E-state index contributed by atoms with van der Waals surface area (Å²) in [6, 6.07) is 15.0. The van der Waals surface area contributed by atoms with Crippen LogP contribution in [0.25, 0.3) is 10.8 Å². The molecular formula is C18H15NO2. The van der Waals surface area contributed by atoms with Gasteiger partial charge in [0.25, 0.3) is 0 Å². The number of aliphatic hydroxyl groups excluding tert-OH is 1. The van der Waals surface area contributed by atoms with Gasteiger partial charge in [0, 0.05) is 23.5 Å². The molecule has 0 aliphatic carbocycles. The van der Waals surface area contributed by atoms with Gasteiger partial charge in [0.1, 0.15) is 6.10 Å². The van der Waals surface area contributed by atoms with Gasteiger partial charge in [0.05, 0.1) is 0 Å². The third-order valence-electron chi connectivity index (χ3n) is 3.59. The van der Waals surface area contributed by atoms with Crippen LogP contribution in [0.4, 0.5) is 0 Å². The molecule has 0 fully saturated rings. The molecule has 3 heteroatoms. The van der Waals surface area contributed by atoms with Gasteiger partial charge in [-0.05, 0) is 41.5 Å². The number of Topliss-reactive ketones (excluding diaryl/α,β-unsaturated/α-hetero) is 1. The van der Waals surface area contributed by atoms with Crippen LogP contribution in [0.3, 0.4) is 0 Å². The van der Waals surface area contributed by atoms with E-state index in [1.165, 1.54) is 0 Å². The van der Waals surface area contributed by atoms with Crippen molar-refractivity contribution in [3.8, 4) is 0 Å². The lowest BCUT2D eigenvalue weighted by Gasteiger charge is -2.12.